The normalized spacial score (nSPS) is 17.3. The second-order valence-corrected chi connectivity index (χ2v) is 11.5. The van der Waals surface area contributed by atoms with Gasteiger partial charge in [-0.05, 0) is 62.2 Å². The Morgan fingerprint density at radius 2 is 1.95 bits per heavy atom. The number of carbonyl (C=O) groups excluding carboxylic acids is 2. The van der Waals surface area contributed by atoms with Crippen LogP contribution in [0.4, 0.5) is 4.39 Å². The van der Waals surface area contributed by atoms with Crippen molar-refractivity contribution in [1.29, 1.82) is 0 Å². The van der Waals surface area contributed by atoms with E-state index in [9.17, 15) is 22.4 Å². The molecule has 2 heterocycles. The first-order valence-electron chi connectivity index (χ1n) is 11.9. The van der Waals surface area contributed by atoms with Crippen LogP contribution in [-0.4, -0.2) is 62.6 Å². The van der Waals surface area contributed by atoms with Gasteiger partial charge in [-0.2, -0.15) is 9.30 Å². The van der Waals surface area contributed by atoms with Crippen LogP contribution in [0.5, 0.6) is 0 Å². The van der Waals surface area contributed by atoms with E-state index in [4.69, 9.17) is 9.47 Å². The molecule has 0 radical (unpaired) electrons. The Morgan fingerprint density at radius 3 is 2.65 bits per heavy atom. The summed E-state index contributed by atoms with van der Waals surface area (Å²) in [5, 5.41) is 0. The molecular weight excluding hydrogens is 521 g/mol. The summed E-state index contributed by atoms with van der Waals surface area (Å²) < 4.78 is 53.6. The van der Waals surface area contributed by atoms with Crippen LogP contribution in [0.25, 0.3) is 10.2 Å². The maximum Gasteiger partial charge on any atom is 0.337 e. The number of hydrogen-bond acceptors (Lipinski definition) is 7. The van der Waals surface area contributed by atoms with Crippen molar-refractivity contribution in [2.24, 2.45) is 10.9 Å². The maximum atomic E-state index is 13.3. The Morgan fingerprint density at radius 1 is 1.19 bits per heavy atom. The Labute approximate surface area is 218 Å². The summed E-state index contributed by atoms with van der Waals surface area (Å²) in [7, 11) is -2.56. The highest BCUT2D eigenvalue weighted by atomic mass is 32.2. The molecule has 37 heavy (non-hydrogen) atoms. The molecule has 0 N–H and O–H groups in total. The zero-order valence-electron chi connectivity index (χ0n) is 20.6. The van der Waals surface area contributed by atoms with Crippen molar-refractivity contribution in [3.8, 4) is 0 Å². The lowest BCUT2D eigenvalue weighted by Crippen LogP contribution is -2.42. The number of aromatic nitrogens is 1. The van der Waals surface area contributed by atoms with Crippen molar-refractivity contribution < 1.29 is 31.9 Å². The van der Waals surface area contributed by atoms with E-state index >= 15 is 0 Å². The largest absolute Gasteiger partial charge is 0.465 e. The van der Waals surface area contributed by atoms with Crippen LogP contribution < -0.4 is 4.80 Å². The van der Waals surface area contributed by atoms with Crippen LogP contribution in [0.3, 0.4) is 0 Å². The first kappa shape index (κ1) is 27.1. The molecule has 2 aromatic carbocycles. The van der Waals surface area contributed by atoms with Gasteiger partial charge in [0.15, 0.2) is 4.80 Å². The van der Waals surface area contributed by atoms with E-state index in [-0.39, 0.29) is 18.0 Å². The van der Waals surface area contributed by atoms with Crippen LogP contribution >= 0.6 is 11.3 Å². The number of rotatable bonds is 8. The third kappa shape index (κ3) is 5.98. The lowest BCUT2D eigenvalue weighted by molar-refractivity contribution is -0.122. The van der Waals surface area contributed by atoms with E-state index in [2.05, 4.69) is 4.99 Å². The van der Waals surface area contributed by atoms with Crippen LogP contribution in [0.2, 0.25) is 0 Å². The molecule has 1 aliphatic heterocycles. The summed E-state index contributed by atoms with van der Waals surface area (Å²) in [6.45, 7) is 3.57. The fraction of sp³-hybridized carbons (Fsp3) is 0.400. The average molecular weight is 550 g/mol. The molecule has 1 atom stereocenters. The Kier molecular flexibility index (Phi) is 8.53. The number of nitrogens with zero attached hydrogens (tertiary/aromatic N) is 3. The molecule has 1 aliphatic rings. The van der Waals surface area contributed by atoms with Gasteiger partial charge in [0.25, 0.3) is 5.91 Å². The summed E-state index contributed by atoms with van der Waals surface area (Å²) >= 11 is 1.27. The van der Waals surface area contributed by atoms with Crippen molar-refractivity contribution in [2.45, 2.75) is 31.2 Å². The molecule has 0 spiro atoms. The van der Waals surface area contributed by atoms with E-state index < -0.39 is 33.6 Å². The highest BCUT2D eigenvalue weighted by molar-refractivity contribution is 7.89. The lowest BCUT2D eigenvalue weighted by Gasteiger charge is -2.30. The van der Waals surface area contributed by atoms with Gasteiger partial charge in [0.05, 0.1) is 40.3 Å². The van der Waals surface area contributed by atoms with E-state index in [1.165, 1.54) is 34.9 Å². The molecule has 1 unspecified atom stereocenters. The molecule has 12 heteroatoms. The van der Waals surface area contributed by atoms with Crippen molar-refractivity contribution in [3.05, 3.63) is 58.6 Å². The summed E-state index contributed by atoms with van der Waals surface area (Å²) in [6, 6.07) is 9.78. The quantitative estimate of drug-likeness (QED) is 0.316. The van der Waals surface area contributed by atoms with E-state index in [0.717, 1.165) is 22.3 Å². The van der Waals surface area contributed by atoms with Gasteiger partial charge in [-0.3, -0.25) is 4.79 Å². The maximum absolute atomic E-state index is 13.3. The third-order valence-corrected chi connectivity index (χ3v) is 9.08. The van der Waals surface area contributed by atoms with Crippen molar-refractivity contribution in [1.82, 2.24) is 8.87 Å². The minimum atomic E-state index is -3.87. The zero-order chi connectivity index (χ0) is 26.6. The van der Waals surface area contributed by atoms with E-state index in [1.54, 1.807) is 18.2 Å². The Balaban J connectivity index is 1.63. The number of hydrogen-bond donors (Lipinski definition) is 0. The first-order chi connectivity index (χ1) is 17.7. The van der Waals surface area contributed by atoms with Crippen molar-refractivity contribution in [3.63, 3.8) is 0 Å². The number of piperidine rings is 1. The predicted molar refractivity (Wildman–Crippen MR) is 136 cm³/mol. The molecule has 3 aromatic rings. The molecule has 1 aromatic heterocycles. The topological polar surface area (TPSA) is 107 Å². The second kappa shape index (κ2) is 11.6. The molecule has 1 saturated heterocycles. The van der Waals surface area contributed by atoms with Crippen LogP contribution in [0, 0.1) is 11.7 Å². The zero-order valence-corrected chi connectivity index (χ0v) is 22.2. The number of halogens is 1. The van der Waals surface area contributed by atoms with Gasteiger partial charge >= 0.3 is 5.97 Å². The van der Waals surface area contributed by atoms with Crippen LogP contribution in [0.15, 0.2) is 52.4 Å². The van der Waals surface area contributed by atoms with Crippen molar-refractivity contribution in [2.75, 3.05) is 33.4 Å². The number of ether oxygens (including phenoxy) is 2. The monoisotopic (exact) mass is 549 g/mol. The lowest BCUT2D eigenvalue weighted by atomic mass is 9.99. The highest BCUT2D eigenvalue weighted by Crippen LogP contribution is 2.25. The number of benzene rings is 2. The fourth-order valence-electron chi connectivity index (χ4n) is 4.22. The second-order valence-electron chi connectivity index (χ2n) is 8.51. The minimum Gasteiger partial charge on any atom is -0.465 e. The summed E-state index contributed by atoms with van der Waals surface area (Å²) in [6.07, 6.45) is 1.01. The number of sulfonamides is 1. The average Bonchev–Trinajstić information content (AvgIpc) is 3.24. The molecule has 9 nitrogen and oxygen atoms in total. The van der Waals surface area contributed by atoms with Gasteiger partial charge in [0.2, 0.25) is 10.0 Å². The van der Waals surface area contributed by atoms with Gasteiger partial charge in [0, 0.05) is 26.2 Å². The number of thiazole rings is 1. The van der Waals surface area contributed by atoms with Gasteiger partial charge in [-0.1, -0.05) is 11.3 Å². The summed E-state index contributed by atoms with van der Waals surface area (Å²) in [5.74, 6) is -2.01. The third-order valence-electron chi connectivity index (χ3n) is 6.16. The smallest absolute Gasteiger partial charge is 0.337 e. The van der Waals surface area contributed by atoms with Crippen molar-refractivity contribution >= 4 is 43.5 Å². The van der Waals surface area contributed by atoms with Crippen LogP contribution in [0.1, 0.15) is 30.1 Å². The molecular formula is C25H28FN3O6S2. The molecule has 198 valence electrons. The van der Waals surface area contributed by atoms with Crippen LogP contribution in [-0.2, 0) is 30.8 Å². The summed E-state index contributed by atoms with van der Waals surface area (Å²) in [5.41, 5.74) is 1.19. The van der Waals surface area contributed by atoms with Gasteiger partial charge in [-0.25, -0.2) is 17.6 Å². The molecule has 4 rings (SSSR count). The molecule has 0 bridgehead atoms. The molecule has 1 fully saturated rings. The Hall–Kier alpha value is -2.93. The highest BCUT2D eigenvalue weighted by Gasteiger charge is 2.33. The number of amides is 1. The summed E-state index contributed by atoms with van der Waals surface area (Å²) in [4.78, 5) is 30.1. The fourth-order valence-corrected chi connectivity index (χ4v) is 6.85. The Bertz CT molecular complexity index is 1460. The first-order valence-corrected chi connectivity index (χ1v) is 14.1. The molecule has 0 saturated carbocycles. The standard InChI is InChI=1S/C25H28FN3O6S2/c1-3-35-14-13-29-21-11-6-17(24(31)34-2)15-22(21)36-25(29)27-23(30)18-5-4-12-28(16-18)37(32,33)20-9-7-19(26)8-10-20/h6-11,15,18H,3-5,12-14,16H2,1-2H3. The number of methoxy groups -OCH3 is 1. The SMILES string of the molecule is CCOCCn1c(=NC(=O)C2CCCN(S(=O)(=O)c3ccc(F)cc3)C2)sc2cc(C(=O)OC)ccc21. The molecule has 0 aliphatic carbocycles. The minimum absolute atomic E-state index is 0.00161. The van der Waals surface area contributed by atoms with Gasteiger partial charge < -0.3 is 14.0 Å². The number of esters is 1. The molecule has 1 amide bonds. The van der Waals surface area contributed by atoms with Gasteiger partial charge in [-0.15, -0.1) is 0 Å². The number of fused-ring (bicyclic) bond motifs is 1. The predicted octanol–water partition coefficient (Wildman–Crippen LogP) is 3.19. The van der Waals surface area contributed by atoms with E-state index in [0.29, 0.717) is 43.0 Å². The van der Waals surface area contributed by atoms with E-state index in [1.807, 2.05) is 11.5 Å². The number of carbonyl (C=O) groups is 2. The van der Waals surface area contributed by atoms with Gasteiger partial charge in [0.1, 0.15) is 5.82 Å².